The molecule has 0 atom stereocenters. The largest absolute Gasteiger partial charge is 0.385 e. The lowest BCUT2D eigenvalue weighted by molar-refractivity contribution is 0.102. The summed E-state index contributed by atoms with van der Waals surface area (Å²) in [6.45, 7) is 4.60. The molecule has 20 heavy (non-hydrogen) atoms. The number of halogens is 1. The van der Waals surface area contributed by atoms with Crippen molar-refractivity contribution in [2.75, 3.05) is 17.2 Å². The molecule has 104 valence electrons. The van der Waals surface area contributed by atoms with Gasteiger partial charge in [0.1, 0.15) is 11.6 Å². The monoisotopic (exact) mass is 273 g/mol. The average Bonchev–Trinajstić information content (AvgIpc) is 2.43. The van der Waals surface area contributed by atoms with E-state index < -0.39 is 5.82 Å². The standard InChI is InChI=1S/C15H16FN3O/c1-3-17-13-6-4-10(2)8-12(13)15(20)19-14-7-5-11(16)9-18-14/h4-9,17H,3H2,1-2H3,(H,18,19,20). The van der Waals surface area contributed by atoms with Crippen molar-refractivity contribution in [3.8, 4) is 0 Å². The SMILES string of the molecule is CCNc1ccc(C)cc1C(=O)Nc1ccc(F)cn1. The molecular formula is C15H16FN3O. The number of anilines is 2. The van der Waals surface area contributed by atoms with E-state index in [-0.39, 0.29) is 5.91 Å². The van der Waals surface area contributed by atoms with Crippen LogP contribution in [0.1, 0.15) is 22.8 Å². The van der Waals surface area contributed by atoms with Crippen LogP contribution in [-0.4, -0.2) is 17.4 Å². The van der Waals surface area contributed by atoms with Crippen LogP contribution in [0.25, 0.3) is 0 Å². The second-order valence-corrected chi connectivity index (χ2v) is 4.40. The lowest BCUT2D eigenvalue weighted by atomic mass is 10.1. The molecule has 1 amide bonds. The van der Waals surface area contributed by atoms with E-state index in [2.05, 4.69) is 15.6 Å². The van der Waals surface area contributed by atoms with Gasteiger partial charge in [0.05, 0.1) is 11.8 Å². The van der Waals surface area contributed by atoms with Crippen molar-refractivity contribution < 1.29 is 9.18 Å². The van der Waals surface area contributed by atoms with Crippen molar-refractivity contribution in [1.82, 2.24) is 4.98 Å². The highest BCUT2D eigenvalue weighted by Gasteiger charge is 2.12. The number of rotatable bonds is 4. The van der Waals surface area contributed by atoms with E-state index >= 15 is 0 Å². The highest BCUT2D eigenvalue weighted by Crippen LogP contribution is 2.18. The molecule has 0 spiro atoms. The summed E-state index contributed by atoms with van der Waals surface area (Å²) < 4.78 is 12.8. The zero-order valence-corrected chi connectivity index (χ0v) is 11.4. The quantitative estimate of drug-likeness (QED) is 0.899. The van der Waals surface area contributed by atoms with Gasteiger partial charge in [-0.1, -0.05) is 11.6 Å². The van der Waals surface area contributed by atoms with E-state index in [0.717, 1.165) is 24.0 Å². The van der Waals surface area contributed by atoms with Gasteiger partial charge in [0, 0.05) is 12.2 Å². The summed E-state index contributed by atoms with van der Waals surface area (Å²) in [5.41, 5.74) is 2.29. The van der Waals surface area contributed by atoms with E-state index in [1.165, 1.54) is 12.1 Å². The molecule has 2 aromatic rings. The lowest BCUT2D eigenvalue weighted by Crippen LogP contribution is -2.15. The summed E-state index contributed by atoms with van der Waals surface area (Å²) in [7, 11) is 0. The molecule has 0 fully saturated rings. The van der Waals surface area contributed by atoms with Crippen LogP contribution in [0, 0.1) is 12.7 Å². The first-order valence-electron chi connectivity index (χ1n) is 6.37. The number of nitrogens with zero attached hydrogens (tertiary/aromatic N) is 1. The van der Waals surface area contributed by atoms with Crippen LogP contribution < -0.4 is 10.6 Å². The number of pyridine rings is 1. The first kappa shape index (κ1) is 14.0. The van der Waals surface area contributed by atoms with Crippen molar-refractivity contribution in [2.24, 2.45) is 0 Å². The smallest absolute Gasteiger partial charge is 0.258 e. The third-order valence-corrected chi connectivity index (χ3v) is 2.76. The topological polar surface area (TPSA) is 54.0 Å². The number of benzene rings is 1. The number of amides is 1. The number of hydrogen-bond acceptors (Lipinski definition) is 3. The number of nitrogens with one attached hydrogen (secondary N) is 2. The van der Waals surface area contributed by atoms with Gasteiger partial charge >= 0.3 is 0 Å². The van der Waals surface area contributed by atoms with Crippen LogP contribution >= 0.6 is 0 Å². The molecule has 5 heteroatoms. The maximum Gasteiger partial charge on any atom is 0.258 e. The Balaban J connectivity index is 2.23. The Labute approximate surface area is 117 Å². The zero-order valence-electron chi connectivity index (χ0n) is 11.4. The molecule has 2 rings (SSSR count). The highest BCUT2D eigenvalue weighted by molar-refractivity contribution is 6.07. The molecule has 1 aromatic heterocycles. The van der Waals surface area contributed by atoms with Gasteiger partial charge in [0.25, 0.3) is 5.91 Å². The molecule has 0 saturated carbocycles. The molecule has 0 aliphatic rings. The maximum atomic E-state index is 12.8. The Morgan fingerprint density at radius 1 is 1.30 bits per heavy atom. The third-order valence-electron chi connectivity index (χ3n) is 2.76. The minimum absolute atomic E-state index is 0.274. The van der Waals surface area contributed by atoms with Crippen LogP contribution in [0.3, 0.4) is 0 Å². The summed E-state index contributed by atoms with van der Waals surface area (Å²) in [6.07, 6.45) is 1.07. The molecule has 0 aliphatic carbocycles. The minimum atomic E-state index is -0.438. The van der Waals surface area contributed by atoms with Gasteiger partial charge in [-0.05, 0) is 38.1 Å². The Kier molecular flexibility index (Phi) is 4.30. The molecule has 0 aliphatic heterocycles. The van der Waals surface area contributed by atoms with E-state index in [1.54, 1.807) is 6.07 Å². The molecule has 0 unspecified atom stereocenters. The summed E-state index contributed by atoms with van der Waals surface area (Å²) in [5, 5.41) is 5.79. The molecule has 4 nitrogen and oxygen atoms in total. The van der Waals surface area contributed by atoms with Gasteiger partial charge in [-0.25, -0.2) is 9.37 Å². The van der Waals surface area contributed by atoms with Crippen LogP contribution in [0.2, 0.25) is 0 Å². The molecule has 1 aromatic carbocycles. The third kappa shape index (κ3) is 3.32. The maximum absolute atomic E-state index is 12.8. The van der Waals surface area contributed by atoms with Crippen molar-refractivity contribution in [2.45, 2.75) is 13.8 Å². The van der Waals surface area contributed by atoms with Crippen LogP contribution in [0.15, 0.2) is 36.5 Å². The first-order valence-corrected chi connectivity index (χ1v) is 6.37. The lowest BCUT2D eigenvalue weighted by Gasteiger charge is -2.11. The van der Waals surface area contributed by atoms with E-state index in [0.29, 0.717) is 11.4 Å². The van der Waals surface area contributed by atoms with E-state index in [4.69, 9.17) is 0 Å². The number of aromatic nitrogens is 1. The number of carbonyl (C=O) groups excluding carboxylic acids is 1. The molecule has 2 N–H and O–H groups in total. The van der Waals surface area contributed by atoms with Crippen molar-refractivity contribution in [3.05, 3.63) is 53.5 Å². The van der Waals surface area contributed by atoms with Crippen molar-refractivity contribution in [3.63, 3.8) is 0 Å². The summed E-state index contributed by atoms with van der Waals surface area (Å²) in [5.74, 6) is -0.393. The van der Waals surface area contributed by atoms with Crippen molar-refractivity contribution in [1.29, 1.82) is 0 Å². The van der Waals surface area contributed by atoms with Crippen LogP contribution in [-0.2, 0) is 0 Å². The fraction of sp³-hybridized carbons (Fsp3) is 0.200. The number of carbonyl (C=O) groups is 1. The Morgan fingerprint density at radius 2 is 2.10 bits per heavy atom. The van der Waals surface area contributed by atoms with Gasteiger partial charge < -0.3 is 10.6 Å². The zero-order chi connectivity index (χ0) is 14.5. The molecule has 0 radical (unpaired) electrons. The van der Waals surface area contributed by atoms with Crippen molar-refractivity contribution >= 4 is 17.4 Å². The normalized spacial score (nSPS) is 10.2. The fourth-order valence-electron chi connectivity index (χ4n) is 1.82. The van der Waals surface area contributed by atoms with Gasteiger partial charge in [-0.3, -0.25) is 4.79 Å². The number of aryl methyl sites for hydroxylation is 1. The van der Waals surface area contributed by atoms with E-state index in [9.17, 15) is 9.18 Å². The summed E-state index contributed by atoms with van der Waals surface area (Å²) >= 11 is 0. The molecule has 1 heterocycles. The summed E-state index contributed by atoms with van der Waals surface area (Å²) in [4.78, 5) is 16.1. The van der Waals surface area contributed by atoms with Crippen LogP contribution in [0.5, 0.6) is 0 Å². The second-order valence-electron chi connectivity index (χ2n) is 4.40. The predicted molar refractivity (Wildman–Crippen MR) is 77.5 cm³/mol. The second kappa shape index (κ2) is 6.14. The van der Waals surface area contributed by atoms with E-state index in [1.807, 2.05) is 26.0 Å². The Hall–Kier alpha value is -2.43. The number of hydrogen-bond donors (Lipinski definition) is 2. The van der Waals surface area contributed by atoms with Crippen LogP contribution in [0.4, 0.5) is 15.9 Å². The summed E-state index contributed by atoms with van der Waals surface area (Å²) in [6, 6.07) is 8.29. The molecule has 0 saturated heterocycles. The molecular weight excluding hydrogens is 257 g/mol. The Bertz CT molecular complexity index is 611. The average molecular weight is 273 g/mol. The minimum Gasteiger partial charge on any atom is -0.385 e. The Morgan fingerprint density at radius 3 is 2.75 bits per heavy atom. The van der Waals surface area contributed by atoms with Gasteiger partial charge in [0.15, 0.2) is 0 Å². The van der Waals surface area contributed by atoms with Gasteiger partial charge in [-0.15, -0.1) is 0 Å². The first-order chi connectivity index (χ1) is 9.60. The predicted octanol–water partition coefficient (Wildman–Crippen LogP) is 3.21. The van der Waals surface area contributed by atoms with Gasteiger partial charge in [0.2, 0.25) is 0 Å². The highest BCUT2D eigenvalue weighted by atomic mass is 19.1. The molecule has 0 bridgehead atoms. The van der Waals surface area contributed by atoms with Gasteiger partial charge in [-0.2, -0.15) is 0 Å². The fourth-order valence-corrected chi connectivity index (χ4v) is 1.82.